The molecule has 0 amide bonds. The van der Waals surface area contributed by atoms with E-state index < -0.39 is 5.60 Å². The second-order valence-electron chi connectivity index (χ2n) is 4.71. The highest BCUT2D eigenvalue weighted by Crippen LogP contribution is 2.39. The summed E-state index contributed by atoms with van der Waals surface area (Å²) in [5.41, 5.74) is 0.602. The molecule has 0 saturated heterocycles. The van der Waals surface area contributed by atoms with Crippen molar-refractivity contribution in [2.45, 2.75) is 57.0 Å². The molecule has 0 radical (unpaired) electrons. The number of ether oxygens (including phenoxy) is 1. The van der Waals surface area contributed by atoms with Gasteiger partial charge in [-0.1, -0.05) is 12.5 Å². The Balaban J connectivity index is 2.08. The van der Waals surface area contributed by atoms with Gasteiger partial charge in [0.25, 0.3) is 0 Å². The van der Waals surface area contributed by atoms with Crippen LogP contribution < -0.4 is 0 Å². The molecule has 0 aromatic heterocycles. The number of ketones is 1. The van der Waals surface area contributed by atoms with Gasteiger partial charge in [0.1, 0.15) is 5.60 Å². The molecular formula is C13H20O2. The maximum atomic E-state index is 12.3. The van der Waals surface area contributed by atoms with Gasteiger partial charge < -0.3 is 4.74 Å². The summed E-state index contributed by atoms with van der Waals surface area (Å²) < 4.78 is 5.44. The number of hydrogen-bond acceptors (Lipinski definition) is 2. The lowest BCUT2D eigenvalue weighted by atomic mass is 9.74. The Morgan fingerprint density at radius 2 is 2.07 bits per heavy atom. The first-order chi connectivity index (χ1) is 7.28. The normalized spacial score (nSPS) is 25.0. The van der Waals surface area contributed by atoms with Crippen LogP contribution in [0.5, 0.6) is 0 Å². The van der Waals surface area contributed by atoms with Gasteiger partial charge in [-0.15, -0.1) is 0 Å². The number of carbonyl (C=O) groups is 1. The SMILES string of the molecule is COC1(C(=O)C2=CCCCCC2)CCC1. The monoisotopic (exact) mass is 208 g/mol. The van der Waals surface area contributed by atoms with E-state index in [0.717, 1.165) is 44.1 Å². The predicted molar refractivity (Wildman–Crippen MR) is 59.8 cm³/mol. The van der Waals surface area contributed by atoms with Gasteiger partial charge in [0.05, 0.1) is 0 Å². The van der Waals surface area contributed by atoms with Crippen LogP contribution in [0.4, 0.5) is 0 Å². The molecule has 2 nitrogen and oxygen atoms in total. The molecule has 84 valence electrons. The fraction of sp³-hybridized carbons (Fsp3) is 0.769. The lowest BCUT2D eigenvalue weighted by molar-refractivity contribution is -0.147. The molecule has 0 aromatic rings. The third-order valence-electron chi connectivity index (χ3n) is 3.80. The van der Waals surface area contributed by atoms with Crippen LogP contribution in [0, 0.1) is 0 Å². The number of rotatable bonds is 3. The molecule has 2 aliphatic carbocycles. The summed E-state index contributed by atoms with van der Waals surface area (Å²) in [6.07, 6.45) is 10.8. The first-order valence-electron chi connectivity index (χ1n) is 6.07. The molecule has 1 saturated carbocycles. The van der Waals surface area contributed by atoms with Crippen molar-refractivity contribution < 1.29 is 9.53 Å². The number of allylic oxidation sites excluding steroid dienone is 1. The fourth-order valence-electron chi connectivity index (χ4n) is 2.54. The van der Waals surface area contributed by atoms with Gasteiger partial charge in [-0.3, -0.25) is 4.79 Å². The highest BCUT2D eigenvalue weighted by Gasteiger charge is 2.45. The van der Waals surface area contributed by atoms with Gasteiger partial charge >= 0.3 is 0 Å². The van der Waals surface area contributed by atoms with E-state index in [1.807, 2.05) is 0 Å². The minimum atomic E-state index is -0.434. The molecule has 2 aliphatic rings. The molecular weight excluding hydrogens is 188 g/mol. The Kier molecular flexibility index (Phi) is 3.25. The van der Waals surface area contributed by atoms with Gasteiger partial charge in [0.2, 0.25) is 0 Å². The second kappa shape index (κ2) is 4.48. The number of methoxy groups -OCH3 is 1. The molecule has 15 heavy (non-hydrogen) atoms. The summed E-state index contributed by atoms with van der Waals surface area (Å²) in [7, 11) is 1.67. The van der Waals surface area contributed by atoms with Crippen LogP contribution in [-0.2, 0) is 9.53 Å². The van der Waals surface area contributed by atoms with E-state index in [-0.39, 0.29) is 5.78 Å². The lowest BCUT2D eigenvalue weighted by Crippen LogP contribution is -2.47. The Hall–Kier alpha value is -0.630. The molecule has 0 heterocycles. The molecule has 0 aliphatic heterocycles. The second-order valence-corrected chi connectivity index (χ2v) is 4.71. The summed E-state index contributed by atoms with van der Waals surface area (Å²) in [5.74, 6) is 0.276. The summed E-state index contributed by atoms with van der Waals surface area (Å²) in [6.45, 7) is 0. The highest BCUT2D eigenvalue weighted by molar-refractivity contribution is 6.02. The van der Waals surface area contributed by atoms with Crippen molar-refractivity contribution in [2.24, 2.45) is 0 Å². The third kappa shape index (κ3) is 2.00. The van der Waals surface area contributed by atoms with Crippen LogP contribution in [0.2, 0.25) is 0 Å². The zero-order valence-electron chi connectivity index (χ0n) is 9.55. The maximum Gasteiger partial charge on any atom is 0.190 e. The van der Waals surface area contributed by atoms with Crippen molar-refractivity contribution in [3.8, 4) is 0 Å². The summed E-state index contributed by atoms with van der Waals surface area (Å²) in [6, 6.07) is 0. The average Bonchev–Trinajstić information content (AvgIpc) is 2.44. The molecule has 0 bridgehead atoms. The van der Waals surface area contributed by atoms with Crippen LogP contribution in [0.3, 0.4) is 0 Å². The first kappa shape index (κ1) is 10.9. The van der Waals surface area contributed by atoms with Crippen molar-refractivity contribution >= 4 is 5.78 Å². The van der Waals surface area contributed by atoms with Crippen LogP contribution >= 0.6 is 0 Å². The standard InChI is InChI=1S/C13H20O2/c1-15-13(9-6-10-13)12(14)11-7-4-2-3-5-8-11/h7H,2-6,8-10H2,1H3. The van der Waals surface area contributed by atoms with E-state index in [0.29, 0.717) is 0 Å². The smallest absolute Gasteiger partial charge is 0.190 e. The first-order valence-corrected chi connectivity index (χ1v) is 6.07. The van der Waals surface area contributed by atoms with Gasteiger partial charge in [0.15, 0.2) is 5.78 Å². The highest BCUT2D eigenvalue weighted by atomic mass is 16.5. The number of carbonyl (C=O) groups excluding carboxylic acids is 1. The molecule has 2 rings (SSSR count). The Bertz CT molecular complexity index is 269. The van der Waals surface area contributed by atoms with Crippen molar-refractivity contribution in [2.75, 3.05) is 7.11 Å². The van der Waals surface area contributed by atoms with Crippen LogP contribution in [0.15, 0.2) is 11.6 Å². The Morgan fingerprint density at radius 3 is 2.67 bits per heavy atom. The molecule has 0 unspecified atom stereocenters. The zero-order valence-corrected chi connectivity index (χ0v) is 9.55. The van der Waals surface area contributed by atoms with Crippen LogP contribution in [0.25, 0.3) is 0 Å². The van der Waals surface area contributed by atoms with Crippen molar-refractivity contribution in [3.63, 3.8) is 0 Å². The Morgan fingerprint density at radius 1 is 1.27 bits per heavy atom. The minimum Gasteiger partial charge on any atom is -0.370 e. The zero-order chi connectivity index (χ0) is 10.7. The third-order valence-corrected chi connectivity index (χ3v) is 3.80. The molecule has 0 N–H and O–H groups in total. The maximum absolute atomic E-state index is 12.3. The van der Waals surface area contributed by atoms with Crippen molar-refractivity contribution in [1.82, 2.24) is 0 Å². The molecule has 1 fully saturated rings. The summed E-state index contributed by atoms with van der Waals surface area (Å²) in [4.78, 5) is 12.3. The van der Waals surface area contributed by atoms with Gasteiger partial charge in [-0.2, -0.15) is 0 Å². The number of hydrogen-bond donors (Lipinski definition) is 0. The summed E-state index contributed by atoms with van der Waals surface area (Å²) >= 11 is 0. The molecule has 0 aromatic carbocycles. The average molecular weight is 208 g/mol. The number of Topliss-reactive ketones (excluding diaryl/α,β-unsaturated/α-hetero) is 1. The summed E-state index contributed by atoms with van der Waals surface area (Å²) in [5, 5.41) is 0. The van der Waals surface area contributed by atoms with E-state index in [1.54, 1.807) is 7.11 Å². The quantitative estimate of drug-likeness (QED) is 0.712. The van der Waals surface area contributed by atoms with E-state index in [9.17, 15) is 4.79 Å². The lowest BCUT2D eigenvalue weighted by Gasteiger charge is -2.39. The van der Waals surface area contributed by atoms with E-state index in [1.165, 1.54) is 12.8 Å². The minimum absolute atomic E-state index is 0.276. The Labute approximate surface area is 91.7 Å². The molecule has 0 spiro atoms. The molecule has 0 atom stereocenters. The van der Waals surface area contributed by atoms with Crippen LogP contribution in [-0.4, -0.2) is 18.5 Å². The van der Waals surface area contributed by atoms with E-state index in [4.69, 9.17) is 4.74 Å². The topological polar surface area (TPSA) is 26.3 Å². The fourth-order valence-corrected chi connectivity index (χ4v) is 2.54. The van der Waals surface area contributed by atoms with Gasteiger partial charge in [-0.25, -0.2) is 0 Å². The van der Waals surface area contributed by atoms with Gasteiger partial charge in [0, 0.05) is 7.11 Å². The van der Waals surface area contributed by atoms with Crippen LogP contribution in [0.1, 0.15) is 51.4 Å². The van der Waals surface area contributed by atoms with E-state index >= 15 is 0 Å². The molecule has 2 heteroatoms. The van der Waals surface area contributed by atoms with Crippen molar-refractivity contribution in [3.05, 3.63) is 11.6 Å². The van der Waals surface area contributed by atoms with Crippen molar-refractivity contribution in [1.29, 1.82) is 0 Å². The predicted octanol–water partition coefficient (Wildman–Crippen LogP) is 3.02. The van der Waals surface area contributed by atoms with E-state index in [2.05, 4.69) is 6.08 Å². The largest absolute Gasteiger partial charge is 0.370 e. The van der Waals surface area contributed by atoms with Gasteiger partial charge in [-0.05, 0) is 50.5 Å².